The summed E-state index contributed by atoms with van der Waals surface area (Å²) in [6.07, 6.45) is 7.62. The minimum Gasteiger partial charge on any atom is -0.316 e. The Kier molecular flexibility index (Phi) is 7.20. The van der Waals surface area contributed by atoms with Gasteiger partial charge in [-0.05, 0) is 50.9 Å². The first-order valence-corrected chi connectivity index (χ1v) is 9.22. The van der Waals surface area contributed by atoms with Gasteiger partial charge < -0.3 is 10.2 Å². The van der Waals surface area contributed by atoms with Crippen molar-refractivity contribution < 1.29 is 0 Å². The first kappa shape index (κ1) is 17.3. The van der Waals surface area contributed by atoms with Crippen molar-refractivity contribution in [3.63, 3.8) is 0 Å². The van der Waals surface area contributed by atoms with Gasteiger partial charge >= 0.3 is 0 Å². The largest absolute Gasteiger partial charge is 0.316 e. The van der Waals surface area contributed by atoms with Gasteiger partial charge in [-0.2, -0.15) is 11.8 Å². The Balaban J connectivity index is 2.63. The SMILES string of the molecule is CCC(CSC)N(C)CC1CCCC(C)(C)C1NC. The summed E-state index contributed by atoms with van der Waals surface area (Å²) in [5.41, 5.74) is 0.444. The third-order valence-corrected chi connectivity index (χ3v) is 5.71. The Morgan fingerprint density at radius 3 is 2.63 bits per heavy atom. The van der Waals surface area contributed by atoms with E-state index in [4.69, 9.17) is 0 Å². The van der Waals surface area contributed by atoms with Gasteiger partial charge in [0, 0.05) is 24.4 Å². The van der Waals surface area contributed by atoms with E-state index in [1.54, 1.807) is 0 Å². The summed E-state index contributed by atoms with van der Waals surface area (Å²) in [6, 6.07) is 1.40. The van der Waals surface area contributed by atoms with E-state index in [1.807, 2.05) is 11.8 Å². The van der Waals surface area contributed by atoms with Crippen LogP contribution in [0.25, 0.3) is 0 Å². The topological polar surface area (TPSA) is 15.3 Å². The lowest BCUT2D eigenvalue weighted by molar-refractivity contribution is 0.0810. The number of thioether (sulfide) groups is 1. The maximum atomic E-state index is 3.61. The van der Waals surface area contributed by atoms with Crippen LogP contribution in [0.3, 0.4) is 0 Å². The number of nitrogens with one attached hydrogen (secondary N) is 1. The highest BCUT2D eigenvalue weighted by Gasteiger charge is 2.38. The second-order valence-electron chi connectivity index (χ2n) is 6.86. The van der Waals surface area contributed by atoms with Crippen molar-refractivity contribution in [1.82, 2.24) is 10.2 Å². The van der Waals surface area contributed by atoms with Crippen LogP contribution in [0, 0.1) is 11.3 Å². The molecule has 0 bridgehead atoms. The fourth-order valence-corrected chi connectivity index (χ4v) is 4.75. The normalized spacial score (nSPS) is 28.6. The van der Waals surface area contributed by atoms with Crippen molar-refractivity contribution in [2.75, 3.05) is 32.6 Å². The molecule has 114 valence electrons. The summed E-state index contributed by atoms with van der Waals surface area (Å²) in [6.45, 7) is 8.42. The third-order valence-electron chi connectivity index (χ3n) is 5.00. The van der Waals surface area contributed by atoms with E-state index in [9.17, 15) is 0 Å². The smallest absolute Gasteiger partial charge is 0.0180 e. The molecule has 0 aliphatic heterocycles. The van der Waals surface area contributed by atoms with Crippen molar-refractivity contribution in [3.05, 3.63) is 0 Å². The van der Waals surface area contributed by atoms with Crippen molar-refractivity contribution in [2.24, 2.45) is 11.3 Å². The molecule has 3 atom stereocenters. The summed E-state index contributed by atoms with van der Waals surface area (Å²) in [4.78, 5) is 2.60. The van der Waals surface area contributed by atoms with E-state index in [1.165, 1.54) is 38.0 Å². The molecule has 3 unspecified atom stereocenters. The van der Waals surface area contributed by atoms with Crippen LogP contribution in [-0.4, -0.2) is 49.6 Å². The second kappa shape index (κ2) is 7.90. The lowest BCUT2D eigenvalue weighted by Gasteiger charge is -2.46. The zero-order valence-electron chi connectivity index (χ0n) is 13.8. The van der Waals surface area contributed by atoms with Crippen molar-refractivity contribution in [1.29, 1.82) is 0 Å². The van der Waals surface area contributed by atoms with Gasteiger partial charge in [-0.25, -0.2) is 0 Å². The van der Waals surface area contributed by atoms with Gasteiger partial charge in [0.2, 0.25) is 0 Å². The van der Waals surface area contributed by atoms with E-state index >= 15 is 0 Å². The molecule has 1 saturated carbocycles. The molecule has 1 fully saturated rings. The Morgan fingerprint density at radius 1 is 1.42 bits per heavy atom. The molecule has 2 nitrogen and oxygen atoms in total. The monoisotopic (exact) mass is 286 g/mol. The van der Waals surface area contributed by atoms with E-state index in [-0.39, 0.29) is 0 Å². The lowest BCUT2D eigenvalue weighted by Crippen LogP contribution is -2.52. The highest BCUT2D eigenvalue weighted by molar-refractivity contribution is 7.98. The van der Waals surface area contributed by atoms with Crippen LogP contribution in [0.1, 0.15) is 46.5 Å². The maximum Gasteiger partial charge on any atom is 0.0180 e. The van der Waals surface area contributed by atoms with Gasteiger partial charge in [0.15, 0.2) is 0 Å². The van der Waals surface area contributed by atoms with Gasteiger partial charge in [-0.15, -0.1) is 0 Å². The number of hydrogen-bond donors (Lipinski definition) is 1. The molecule has 1 aliphatic rings. The summed E-state index contributed by atoms with van der Waals surface area (Å²) in [7, 11) is 4.46. The second-order valence-corrected chi connectivity index (χ2v) is 7.77. The van der Waals surface area contributed by atoms with E-state index in [2.05, 4.69) is 51.3 Å². The molecule has 0 amide bonds. The molecule has 0 heterocycles. The fourth-order valence-electron chi connectivity index (χ4n) is 3.87. The third kappa shape index (κ3) is 4.64. The van der Waals surface area contributed by atoms with Crippen LogP contribution in [0.5, 0.6) is 0 Å². The highest BCUT2D eigenvalue weighted by atomic mass is 32.2. The maximum absolute atomic E-state index is 3.61. The van der Waals surface area contributed by atoms with Crippen LogP contribution in [0.15, 0.2) is 0 Å². The molecule has 1 N–H and O–H groups in total. The lowest BCUT2D eigenvalue weighted by atomic mass is 9.68. The standard InChI is InChI=1S/C16H34N2S/c1-7-14(12-19-6)18(5)11-13-9-8-10-16(2,3)15(13)17-4/h13-15,17H,7-12H2,1-6H3. The predicted molar refractivity (Wildman–Crippen MR) is 89.1 cm³/mol. The summed E-state index contributed by atoms with van der Waals surface area (Å²) in [5.74, 6) is 2.06. The predicted octanol–water partition coefficient (Wildman–Crippen LogP) is 3.47. The molecule has 3 heteroatoms. The molecule has 19 heavy (non-hydrogen) atoms. The van der Waals surface area contributed by atoms with Crippen LogP contribution in [0.4, 0.5) is 0 Å². The zero-order valence-corrected chi connectivity index (χ0v) is 14.6. The molecular formula is C16H34N2S. The van der Waals surface area contributed by atoms with Crippen LogP contribution in [0.2, 0.25) is 0 Å². The first-order chi connectivity index (χ1) is 8.96. The number of nitrogens with zero attached hydrogens (tertiary/aromatic N) is 1. The van der Waals surface area contributed by atoms with Gasteiger partial charge in [0.1, 0.15) is 0 Å². The molecular weight excluding hydrogens is 252 g/mol. The highest BCUT2D eigenvalue weighted by Crippen LogP contribution is 2.39. The van der Waals surface area contributed by atoms with Crippen LogP contribution < -0.4 is 5.32 Å². The Labute approximate surface area is 125 Å². The summed E-state index contributed by atoms with van der Waals surface area (Å²) >= 11 is 1.97. The molecule has 0 aromatic carbocycles. The Hall–Kier alpha value is 0.270. The van der Waals surface area contributed by atoms with E-state index in [0.29, 0.717) is 11.5 Å². The van der Waals surface area contributed by atoms with Crippen LogP contribution >= 0.6 is 11.8 Å². The van der Waals surface area contributed by atoms with Crippen molar-refractivity contribution in [3.8, 4) is 0 Å². The quantitative estimate of drug-likeness (QED) is 0.771. The van der Waals surface area contributed by atoms with Gasteiger partial charge in [0.05, 0.1) is 0 Å². The Bertz CT molecular complexity index is 255. The molecule has 1 aliphatic carbocycles. The summed E-state index contributed by atoms with van der Waals surface area (Å²) < 4.78 is 0. The van der Waals surface area contributed by atoms with Gasteiger partial charge in [-0.3, -0.25) is 0 Å². The minimum absolute atomic E-state index is 0.444. The van der Waals surface area contributed by atoms with Gasteiger partial charge in [-0.1, -0.05) is 27.2 Å². The van der Waals surface area contributed by atoms with Crippen molar-refractivity contribution >= 4 is 11.8 Å². The Morgan fingerprint density at radius 2 is 2.11 bits per heavy atom. The molecule has 0 aromatic rings. The van der Waals surface area contributed by atoms with E-state index < -0.39 is 0 Å². The zero-order chi connectivity index (χ0) is 14.5. The average Bonchev–Trinajstić information content (AvgIpc) is 2.35. The summed E-state index contributed by atoms with van der Waals surface area (Å²) in [5, 5.41) is 3.61. The minimum atomic E-state index is 0.444. The van der Waals surface area contributed by atoms with E-state index in [0.717, 1.165) is 12.0 Å². The molecule has 0 radical (unpaired) electrons. The average molecular weight is 287 g/mol. The molecule has 0 spiro atoms. The molecule has 0 saturated heterocycles. The van der Waals surface area contributed by atoms with Crippen molar-refractivity contribution in [2.45, 2.75) is 58.5 Å². The molecule has 1 rings (SSSR count). The van der Waals surface area contributed by atoms with Crippen LogP contribution in [-0.2, 0) is 0 Å². The number of hydrogen-bond acceptors (Lipinski definition) is 3. The first-order valence-electron chi connectivity index (χ1n) is 7.82. The number of rotatable bonds is 7. The van der Waals surface area contributed by atoms with Gasteiger partial charge in [0.25, 0.3) is 0 Å². The fraction of sp³-hybridized carbons (Fsp3) is 1.00. The molecule has 0 aromatic heterocycles.